The number of methoxy groups -OCH3 is 3. The Morgan fingerprint density at radius 3 is 2.04 bits per heavy atom. The summed E-state index contributed by atoms with van der Waals surface area (Å²) in [5.74, 6) is 0.861. The van der Waals surface area contributed by atoms with Crippen LogP contribution in [0.1, 0.15) is 29.8 Å². The van der Waals surface area contributed by atoms with Crippen molar-refractivity contribution >= 4 is 17.8 Å². The summed E-state index contributed by atoms with van der Waals surface area (Å²) in [4.78, 5) is 14.7. The number of hydrogen-bond donors (Lipinski definition) is 1. The number of amides is 1. The molecule has 0 bridgehead atoms. The molecule has 150 valence electrons. The largest absolute Gasteiger partial charge is 0.493 e. The van der Waals surface area contributed by atoms with E-state index in [1.807, 2.05) is 24.3 Å². The second kappa shape index (κ2) is 10.2. The van der Waals surface area contributed by atoms with Gasteiger partial charge in [0.25, 0.3) is 5.91 Å². The van der Waals surface area contributed by atoms with Crippen LogP contribution in [-0.4, -0.2) is 46.5 Å². The van der Waals surface area contributed by atoms with Gasteiger partial charge in [0, 0.05) is 24.3 Å². The zero-order valence-corrected chi connectivity index (χ0v) is 17.0. The molecule has 0 fully saturated rings. The van der Waals surface area contributed by atoms with E-state index in [4.69, 9.17) is 14.2 Å². The van der Waals surface area contributed by atoms with E-state index in [0.717, 1.165) is 24.3 Å². The van der Waals surface area contributed by atoms with Crippen LogP contribution in [0.15, 0.2) is 41.5 Å². The Hall–Kier alpha value is -3.22. The van der Waals surface area contributed by atoms with Gasteiger partial charge in [-0.1, -0.05) is 12.1 Å². The summed E-state index contributed by atoms with van der Waals surface area (Å²) in [5, 5.41) is 4.04. The summed E-state index contributed by atoms with van der Waals surface area (Å²) in [7, 11) is 4.51. The lowest BCUT2D eigenvalue weighted by Crippen LogP contribution is -2.21. The second-order valence-electron chi connectivity index (χ2n) is 5.88. The molecule has 0 saturated carbocycles. The summed E-state index contributed by atoms with van der Waals surface area (Å²) >= 11 is 0. The molecule has 1 N–H and O–H groups in total. The van der Waals surface area contributed by atoms with Crippen molar-refractivity contribution in [2.45, 2.75) is 13.8 Å². The number of nitrogens with one attached hydrogen (secondary N) is 1. The van der Waals surface area contributed by atoms with Gasteiger partial charge < -0.3 is 19.1 Å². The van der Waals surface area contributed by atoms with Crippen molar-refractivity contribution < 1.29 is 19.0 Å². The molecule has 2 rings (SSSR count). The third-order valence-corrected chi connectivity index (χ3v) is 4.33. The molecule has 0 aliphatic heterocycles. The van der Waals surface area contributed by atoms with Crippen LogP contribution in [-0.2, 0) is 0 Å². The molecule has 2 aromatic rings. The van der Waals surface area contributed by atoms with Gasteiger partial charge >= 0.3 is 0 Å². The first-order valence-corrected chi connectivity index (χ1v) is 9.06. The highest BCUT2D eigenvalue weighted by Gasteiger charge is 2.16. The van der Waals surface area contributed by atoms with Gasteiger partial charge in [0.15, 0.2) is 11.5 Å². The topological polar surface area (TPSA) is 72.4 Å². The van der Waals surface area contributed by atoms with Crippen LogP contribution in [0.4, 0.5) is 5.69 Å². The molecule has 0 spiro atoms. The fourth-order valence-electron chi connectivity index (χ4n) is 2.80. The SMILES string of the molecule is CCN(CC)c1ccc(C=NNC(=O)c2cc(OC)c(OC)c(OC)c2)cc1. The van der Waals surface area contributed by atoms with Crippen molar-refractivity contribution in [1.82, 2.24) is 5.43 Å². The molecule has 0 aliphatic carbocycles. The lowest BCUT2D eigenvalue weighted by atomic mass is 10.1. The Bertz CT molecular complexity index is 790. The van der Waals surface area contributed by atoms with E-state index in [9.17, 15) is 4.79 Å². The van der Waals surface area contributed by atoms with Gasteiger partial charge in [0.05, 0.1) is 27.5 Å². The van der Waals surface area contributed by atoms with E-state index in [1.54, 1.807) is 18.3 Å². The van der Waals surface area contributed by atoms with Crippen LogP contribution in [0.2, 0.25) is 0 Å². The quantitative estimate of drug-likeness (QED) is 0.530. The van der Waals surface area contributed by atoms with Crippen LogP contribution >= 0.6 is 0 Å². The van der Waals surface area contributed by atoms with Gasteiger partial charge in [-0.25, -0.2) is 5.43 Å². The molecule has 0 saturated heterocycles. The molecule has 0 atom stereocenters. The van der Waals surface area contributed by atoms with E-state index >= 15 is 0 Å². The maximum atomic E-state index is 12.4. The minimum atomic E-state index is -0.379. The van der Waals surface area contributed by atoms with Gasteiger partial charge in [-0.2, -0.15) is 5.10 Å². The minimum Gasteiger partial charge on any atom is -0.493 e. The molecule has 0 aliphatic rings. The number of nitrogens with zero attached hydrogens (tertiary/aromatic N) is 2. The monoisotopic (exact) mass is 385 g/mol. The Balaban J connectivity index is 2.09. The number of carbonyl (C=O) groups is 1. The number of hydrogen-bond acceptors (Lipinski definition) is 6. The molecule has 7 nitrogen and oxygen atoms in total. The molecule has 0 radical (unpaired) electrons. The summed E-state index contributed by atoms with van der Waals surface area (Å²) in [6.07, 6.45) is 1.60. The summed E-state index contributed by atoms with van der Waals surface area (Å²) < 4.78 is 15.8. The molecule has 28 heavy (non-hydrogen) atoms. The fourth-order valence-corrected chi connectivity index (χ4v) is 2.80. The third kappa shape index (κ3) is 4.94. The lowest BCUT2D eigenvalue weighted by molar-refractivity contribution is 0.0954. The van der Waals surface area contributed by atoms with Crippen molar-refractivity contribution in [3.05, 3.63) is 47.5 Å². The van der Waals surface area contributed by atoms with Crippen molar-refractivity contribution in [1.29, 1.82) is 0 Å². The zero-order valence-electron chi connectivity index (χ0n) is 17.0. The number of hydrazone groups is 1. The van der Waals surface area contributed by atoms with Crippen LogP contribution in [0.3, 0.4) is 0 Å². The third-order valence-electron chi connectivity index (χ3n) is 4.33. The van der Waals surface area contributed by atoms with Gasteiger partial charge in [0.1, 0.15) is 0 Å². The molecule has 0 heterocycles. The van der Waals surface area contributed by atoms with Gasteiger partial charge in [-0.3, -0.25) is 4.79 Å². The molecule has 7 heteroatoms. The van der Waals surface area contributed by atoms with Crippen molar-refractivity contribution in [3.63, 3.8) is 0 Å². The molecular weight excluding hydrogens is 358 g/mol. The van der Waals surface area contributed by atoms with Crippen molar-refractivity contribution in [3.8, 4) is 17.2 Å². The van der Waals surface area contributed by atoms with Gasteiger partial charge in [-0.05, 0) is 43.7 Å². The van der Waals surface area contributed by atoms with Gasteiger partial charge in [-0.15, -0.1) is 0 Å². The Morgan fingerprint density at radius 1 is 1.00 bits per heavy atom. The van der Waals surface area contributed by atoms with Crippen LogP contribution in [0.25, 0.3) is 0 Å². The summed E-state index contributed by atoms with van der Waals surface area (Å²) in [5.41, 5.74) is 4.91. The highest BCUT2D eigenvalue weighted by molar-refractivity contribution is 5.96. The number of benzene rings is 2. The Kier molecular flexibility index (Phi) is 7.68. The average molecular weight is 385 g/mol. The van der Waals surface area contributed by atoms with E-state index in [0.29, 0.717) is 22.8 Å². The maximum absolute atomic E-state index is 12.4. The summed E-state index contributed by atoms with van der Waals surface area (Å²) in [6, 6.07) is 11.1. The average Bonchev–Trinajstić information content (AvgIpc) is 2.74. The number of ether oxygens (including phenoxy) is 3. The predicted octanol–water partition coefficient (Wildman–Crippen LogP) is 3.32. The standard InChI is InChI=1S/C21H27N3O4/c1-6-24(7-2)17-10-8-15(9-11-17)14-22-23-21(25)16-12-18(26-3)20(28-5)19(13-16)27-4/h8-14H,6-7H2,1-5H3,(H,23,25). The van der Waals surface area contributed by atoms with Crippen LogP contribution in [0.5, 0.6) is 17.2 Å². The first-order valence-electron chi connectivity index (χ1n) is 9.06. The normalized spacial score (nSPS) is 10.6. The van der Waals surface area contributed by atoms with E-state index in [1.165, 1.54) is 21.3 Å². The minimum absolute atomic E-state index is 0.350. The van der Waals surface area contributed by atoms with Crippen molar-refractivity contribution in [2.75, 3.05) is 39.3 Å². The first-order chi connectivity index (χ1) is 13.6. The van der Waals surface area contributed by atoms with Crippen LogP contribution in [0, 0.1) is 0 Å². The van der Waals surface area contributed by atoms with E-state index in [-0.39, 0.29) is 5.91 Å². The fraction of sp³-hybridized carbons (Fsp3) is 0.333. The Morgan fingerprint density at radius 2 is 1.57 bits per heavy atom. The lowest BCUT2D eigenvalue weighted by Gasteiger charge is -2.20. The second-order valence-corrected chi connectivity index (χ2v) is 5.88. The first kappa shape index (κ1) is 21.1. The molecule has 0 aromatic heterocycles. The predicted molar refractivity (Wildman–Crippen MR) is 111 cm³/mol. The number of rotatable bonds is 9. The van der Waals surface area contributed by atoms with E-state index in [2.05, 4.69) is 29.3 Å². The van der Waals surface area contributed by atoms with Crippen LogP contribution < -0.4 is 24.5 Å². The van der Waals surface area contributed by atoms with E-state index < -0.39 is 0 Å². The number of carbonyl (C=O) groups excluding carboxylic acids is 1. The molecule has 1 amide bonds. The number of anilines is 1. The molecule has 0 unspecified atom stereocenters. The zero-order chi connectivity index (χ0) is 20.5. The molecular formula is C21H27N3O4. The highest BCUT2D eigenvalue weighted by Crippen LogP contribution is 2.38. The smallest absolute Gasteiger partial charge is 0.271 e. The maximum Gasteiger partial charge on any atom is 0.271 e. The Labute approximate surface area is 165 Å². The highest BCUT2D eigenvalue weighted by atomic mass is 16.5. The summed E-state index contributed by atoms with van der Waals surface area (Å²) in [6.45, 7) is 6.15. The van der Waals surface area contributed by atoms with Crippen molar-refractivity contribution in [2.24, 2.45) is 5.10 Å². The van der Waals surface area contributed by atoms with Gasteiger partial charge in [0.2, 0.25) is 5.75 Å². The molecule has 2 aromatic carbocycles.